The predicted molar refractivity (Wildman–Crippen MR) is 99.1 cm³/mol. The van der Waals surface area contributed by atoms with Crippen molar-refractivity contribution in [2.45, 2.75) is 13.8 Å². The van der Waals surface area contributed by atoms with Crippen LogP contribution in [0, 0.1) is 13.8 Å². The Hall–Kier alpha value is -3.48. The van der Waals surface area contributed by atoms with E-state index in [9.17, 15) is 4.79 Å². The number of imidazole rings is 1. The summed E-state index contributed by atoms with van der Waals surface area (Å²) in [4.78, 5) is 21.1. The Balaban J connectivity index is 1.71. The SMILES string of the molecule is Cc1cn2cc(-c3ccccc3C)nc2cc1NC(=O)c1ncnn1C. The zero-order valence-electron chi connectivity index (χ0n) is 14.8. The number of amides is 1. The number of hydrogen-bond acceptors (Lipinski definition) is 4. The zero-order valence-corrected chi connectivity index (χ0v) is 14.8. The second kappa shape index (κ2) is 6.11. The molecule has 3 heterocycles. The Bertz CT molecular complexity index is 1120. The first-order chi connectivity index (χ1) is 12.5. The first-order valence-electron chi connectivity index (χ1n) is 8.23. The molecular formula is C19H18N6O. The molecule has 0 spiro atoms. The number of carbonyl (C=O) groups excluding carboxylic acids is 1. The van der Waals surface area contributed by atoms with Crippen molar-refractivity contribution in [2.75, 3.05) is 5.32 Å². The van der Waals surface area contributed by atoms with Crippen LogP contribution in [-0.4, -0.2) is 30.1 Å². The Morgan fingerprint density at radius 1 is 1.12 bits per heavy atom. The third kappa shape index (κ3) is 2.73. The summed E-state index contributed by atoms with van der Waals surface area (Å²) in [7, 11) is 1.68. The Labute approximate surface area is 150 Å². The molecule has 1 N–H and O–H groups in total. The highest BCUT2D eigenvalue weighted by Crippen LogP contribution is 2.25. The van der Waals surface area contributed by atoms with Crippen molar-refractivity contribution in [3.05, 3.63) is 66.0 Å². The van der Waals surface area contributed by atoms with Gasteiger partial charge in [0.25, 0.3) is 5.91 Å². The molecule has 0 atom stereocenters. The number of aromatic nitrogens is 5. The fraction of sp³-hybridized carbons (Fsp3) is 0.158. The Morgan fingerprint density at radius 3 is 2.65 bits per heavy atom. The first kappa shape index (κ1) is 16.0. The van der Waals surface area contributed by atoms with Gasteiger partial charge >= 0.3 is 0 Å². The standard InChI is InChI=1S/C19H18N6O/c1-12-6-4-5-7-14(12)16-10-25-9-13(2)15(8-17(25)22-16)23-19(26)18-20-11-21-24(18)3/h4-11H,1-3H3,(H,23,26). The lowest BCUT2D eigenvalue weighted by Crippen LogP contribution is -2.18. The third-order valence-electron chi connectivity index (χ3n) is 4.38. The van der Waals surface area contributed by atoms with E-state index in [0.29, 0.717) is 5.69 Å². The number of benzene rings is 1. The largest absolute Gasteiger partial charge is 0.319 e. The van der Waals surface area contributed by atoms with Gasteiger partial charge in [0.15, 0.2) is 0 Å². The molecule has 0 saturated carbocycles. The van der Waals surface area contributed by atoms with E-state index in [1.165, 1.54) is 16.6 Å². The van der Waals surface area contributed by atoms with Gasteiger partial charge < -0.3 is 9.72 Å². The van der Waals surface area contributed by atoms with Crippen molar-refractivity contribution in [1.29, 1.82) is 0 Å². The van der Waals surface area contributed by atoms with Crippen LogP contribution in [0.4, 0.5) is 5.69 Å². The van der Waals surface area contributed by atoms with Gasteiger partial charge in [0.1, 0.15) is 12.0 Å². The molecule has 0 fully saturated rings. The fourth-order valence-corrected chi connectivity index (χ4v) is 2.94. The van der Waals surface area contributed by atoms with Crippen LogP contribution in [0.3, 0.4) is 0 Å². The second-order valence-electron chi connectivity index (χ2n) is 6.24. The number of nitrogens with one attached hydrogen (secondary N) is 1. The van der Waals surface area contributed by atoms with Gasteiger partial charge in [-0.25, -0.2) is 14.6 Å². The van der Waals surface area contributed by atoms with Gasteiger partial charge in [-0.2, -0.15) is 5.10 Å². The van der Waals surface area contributed by atoms with Gasteiger partial charge in [0, 0.05) is 36.8 Å². The van der Waals surface area contributed by atoms with Crippen molar-refractivity contribution in [3.63, 3.8) is 0 Å². The number of pyridine rings is 1. The first-order valence-corrected chi connectivity index (χ1v) is 8.23. The summed E-state index contributed by atoms with van der Waals surface area (Å²) in [5.74, 6) is -0.0450. The summed E-state index contributed by atoms with van der Waals surface area (Å²) < 4.78 is 3.41. The van der Waals surface area contributed by atoms with Crippen LogP contribution in [0.2, 0.25) is 0 Å². The molecule has 4 rings (SSSR count). The molecular weight excluding hydrogens is 328 g/mol. The molecule has 0 aliphatic carbocycles. The number of carbonyl (C=O) groups is 1. The molecule has 0 unspecified atom stereocenters. The molecule has 26 heavy (non-hydrogen) atoms. The zero-order chi connectivity index (χ0) is 18.3. The summed E-state index contributed by atoms with van der Waals surface area (Å²) in [5, 5.41) is 6.82. The van der Waals surface area contributed by atoms with Gasteiger partial charge in [0.05, 0.1) is 5.69 Å². The van der Waals surface area contributed by atoms with E-state index in [2.05, 4.69) is 34.5 Å². The molecule has 7 nitrogen and oxygen atoms in total. The normalized spacial score (nSPS) is 11.0. The van der Waals surface area contributed by atoms with E-state index in [1.54, 1.807) is 7.05 Å². The van der Waals surface area contributed by atoms with E-state index in [4.69, 9.17) is 4.98 Å². The summed E-state index contributed by atoms with van der Waals surface area (Å²) in [6, 6.07) is 10.0. The third-order valence-corrected chi connectivity index (χ3v) is 4.38. The highest BCUT2D eigenvalue weighted by molar-refractivity contribution is 6.02. The number of aryl methyl sites for hydroxylation is 3. The summed E-state index contributed by atoms with van der Waals surface area (Å²) in [6.07, 6.45) is 5.31. The topological polar surface area (TPSA) is 77.1 Å². The van der Waals surface area contributed by atoms with Crippen LogP contribution in [0.25, 0.3) is 16.9 Å². The van der Waals surface area contributed by atoms with Crippen LogP contribution in [0.5, 0.6) is 0 Å². The molecule has 1 amide bonds. The minimum absolute atomic E-state index is 0.258. The summed E-state index contributed by atoms with van der Waals surface area (Å²) >= 11 is 0. The van der Waals surface area contributed by atoms with E-state index in [0.717, 1.165) is 22.5 Å². The molecule has 0 aliphatic heterocycles. The molecule has 0 saturated heterocycles. The Morgan fingerprint density at radius 2 is 1.92 bits per heavy atom. The fourth-order valence-electron chi connectivity index (χ4n) is 2.94. The minimum Gasteiger partial charge on any atom is -0.319 e. The maximum absolute atomic E-state index is 12.4. The lowest BCUT2D eigenvalue weighted by Gasteiger charge is -2.08. The summed E-state index contributed by atoms with van der Waals surface area (Å²) in [5.41, 5.74) is 5.57. The predicted octanol–water partition coefficient (Wildman–Crippen LogP) is 3.00. The lowest BCUT2D eigenvalue weighted by atomic mass is 10.1. The van der Waals surface area contributed by atoms with Crippen molar-refractivity contribution in [1.82, 2.24) is 24.1 Å². The lowest BCUT2D eigenvalue weighted by molar-refractivity contribution is 0.101. The highest BCUT2D eigenvalue weighted by atomic mass is 16.2. The molecule has 0 aliphatic rings. The van der Waals surface area contributed by atoms with Crippen LogP contribution >= 0.6 is 0 Å². The van der Waals surface area contributed by atoms with E-state index in [-0.39, 0.29) is 11.7 Å². The maximum Gasteiger partial charge on any atom is 0.293 e. The maximum atomic E-state index is 12.4. The van der Waals surface area contributed by atoms with Crippen molar-refractivity contribution < 1.29 is 4.79 Å². The molecule has 130 valence electrons. The number of fused-ring (bicyclic) bond motifs is 1. The molecule has 0 radical (unpaired) electrons. The minimum atomic E-state index is -0.303. The van der Waals surface area contributed by atoms with Gasteiger partial charge in [0.2, 0.25) is 5.82 Å². The number of anilines is 1. The van der Waals surface area contributed by atoms with Gasteiger partial charge in [-0.3, -0.25) is 4.79 Å². The van der Waals surface area contributed by atoms with Crippen LogP contribution in [-0.2, 0) is 7.05 Å². The number of rotatable bonds is 3. The van der Waals surface area contributed by atoms with Gasteiger partial charge in [-0.1, -0.05) is 24.3 Å². The smallest absolute Gasteiger partial charge is 0.293 e. The number of nitrogens with zero attached hydrogens (tertiary/aromatic N) is 5. The average molecular weight is 346 g/mol. The molecule has 3 aromatic heterocycles. The van der Waals surface area contributed by atoms with Crippen LogP contribution in [0.15, 0.2) is 49.1 Å². The molecule has 4 aromatic rings. The number of hydrogen-bond donors (Lipinski definition) is 1. The monoisotopic (exact) mass is 346 g/mol. The van der Waals surface area contributed by atoms with Crippen LogP contribution < -0.4 is 5.32 Å². The Kier molecular flexibility index (Phi) is 3.76. The molecule has 1 aromatic carbocycles. The van der Waals surface area contributed by atoms with Gasteiger partial charge in [-0.05, 0) is 25.0 Å². The van der Waals surface area contributed by atoms with Crippen LogP contribution in [0.1, 0.15) is 21.7 Å². The molecule has 0 bridgehead atoms. The summed E-state index contributed by atoms with van der Waals surface area (Å²) in [6.45, 7) is 4.01. The van der Waals surface area contributed by atoms with Gasteiger partial charge in [-0.15, -0.1) is 0 Å². The second-order valence-corrected chi connectivity index (χ2v) is 6.24. The average Bonchev–Trinajstić information content (AvgIpc) is 3.21. The highest BCUT2D eigenvalue weighted by Gasteiger charge is 2.15. The van der Waals surface area contributed by atoms with E-state index in [1.807, 2.05) is 41.9 Å². The van der Waals surface area contributed by atoms with Crippen molar-refractivity contribution >= 4 is 17.2 Å². The molecule has 7 heteroatoms. The van der Waals surface area contributed by atoms with E-state index < -0.39 is 0 Å². The van der Waals surface area contributed by atoms with E-state index >= 15 is 0 Å². The quantitative estimate of drug-likeness (QED) is 0.619. The van der Waals surface area contributed by atoms with Crippen molar-refractivity contribution in [3.8, 4) is 11.3 Å². The van der Waals surface area contributed by atoms with Crippen molar-refractivity contribution in [2.24, 2.45) is 7.05 Å².